The molecule has 6 nitrogen and oxygen atoms in total. The third-order valence-corrected chi connectivity index (χ3v) is 2.83. The summed E-state index contributed by atoms with van der Waals surface area (Å²) in [5, 5.41) is 22.7. The van der Waals surface area contributed by atoms with Crippen molar-refractivity contribution in [3.63, 3.8) is 0 Å². The lowest BCUT2D eigenvalue weighted by molar-refractivity contribution is -0.384. The molecule has 0 saturated heterocycles. The summed E-state index contributed by atoms with van der Waals surface area (Å²) >= 11 is 0. The molecule has 1 aromatic carbocycles. The van der Waals surface area contributed by atoms with Crippen molar-refractivity contribution in [2.75, 3.05) is 5.32 Å². The summed E-state index contributed by atoms with van der Waals surface area (Å²) in [6.45, 7) is 0. The first kappa shape index (κ1) is 12.1. The number of nitrogens with one attached hydrogen (secondary N) is 1. The molecule has 0 radical (unpaired) electrons. The third kappa shape index (κ3) is 2.48. The number of carbonyl (C=O) groups is 1. The predicted molar refractivity (Wildman–Crippen MR) is 65.3 cm³/mol. The van der Waals surface area contributed by atoms with Gasteiger partial charge in [0.15, 0.2) is 0 Å². The average molecular weight is 248 g/mol. The van der Waals surface area contributed by atoms with Crippen LogP contribution >= 0.6 is 0 Å². The number of aromatic hydroxyl groups is 1. The zero-order valence-corrected chi connectivity index (χ0v) is 9.50. The Morgan fingerprint density at radius 1 is 1.39 bits per heavy atom. The SMILES string of the molecule is O=C(Nc1ccc([N+](=O)[O-])cc1O)C1CC=CC1. The number of carbonyl (C=O) groups excluding carboxylic acids is 1. The van der Waals surface area contributed by atoms with E-state index in [1.807, 2.05) is 12.2 Å². The summed E-state index contributed by atoms with van der Waals surface area (Å²) in [6.07, 6.45) is 5.22. The van der Waals surface area contributed by atoms with E-state index >= 15 is 0 Å². The average Bonchev–Trinajstić information content (AvgIpc) is 2.85. The summed E-state index contributed by atoms with van der Waals surface area (Å²) in [5.41, 5.74) is -0.0227. The third-order valence-electron chi connectivity index (χ3n) is 2.83. The molecule has 2 N–H and O–H groups in total. The lowest BCUT2D eigenvalue weighted by atomic mass is 10.1. The molecule has 18 heavy (non-hydrogen) atoms. The summed E-state index contributed by atoms with van der Waals surface area (Å²) in [7, 11) is 0. The van der Waals surface area contributed by atoms with E-state index in [0.29, 0.717) is 12.8 Å². The first-order valence-corrected chi connectivity index (χ1v) is 5.51. The largest absolute Gasteiger partial charge is 0.506 e. The number of hydrogen-bond donors (Lipinski definition) is 2. The Labute approximate surface area is 103 Å². The molecule has 6 heteroatoms. The minimum absolute atomic E-state index is 0.125. The maximum atomic E-state index is 11.8. The fourth-order valence-electron chi connectivity index (χ4n) is 1.81. The zero-order valence-electron chi connectivity index (χ0n) is 9.50. The highest BCUT2D eigenvalue weighted by molar-refractivity contribution is 5.94. The van der Waals surface area contributed by atoms with Crippen LogP contribution in [0, 0.1) is 16.0 Å². The van der Waals surface area contributed by atoms with E-state index in [9.17, 15) is 20.0 Å². The van der Waals surface area contributed by atoms with Gasteiger partial charge in [0.25, 0.3) is 5.69 Å². The second-order valence-electron chi connectivity index (χ2n) is 4.09. The van der Waals surface area contributed by atoms with Gasteiger partial charge in [0.05, 0.1) is 16.7 Å². The smallest absolute Gasteiger partial charge is 0.273 e. The number of anilines is 1. The highest BCUT2D eigenvalue weighted by Gasteiger charge is 2.20. The number of benzene rings is 1. The molecule has 0 atom stereocenters. The Hall–Kier alpha value is -2.37. The van der Waals surface area contributed by atoms with Crippen LogP contribution in [0.5, 0.6) is 5.75 Å². The van der Waals surface area contributed by atoms with Crippen molar-refractivity contribution in [2.45, 2.75) is 12.8 Å². The van der Waals surface area contributed by atoms with Crippen LogP contribution in [0.4, 0.5) is 11.4 Å². The molecule has 0 aliphatic heterocycles. The second-order valence-corrected chi connectivity index (χ2v) is 4.09. The van der Waals surface area contributed by atoms with Gasteiger partial charge in [0.2, 0.25) is 5.91 Å². The molecule has 0 spiro atoms. The minimum atomic E-state index is -0.605. The van der Waals surface area contributed by atoms with Crippen molar-refractivity contribution < 1.29 is 14.8 Å². The minimum Gasteiger partial charge on any atom is -0.506 e. The van der Waals surface area contributed by atoms with Crippen molar-refractivity contribution in [3.8, 4) is 5.75 Å². The van der Waals surface area contributed by atoms with E-state index in [1.54, 1.807) is 0 Å². The van der Waals surface area contributed by atoms with E-state index in [0.717, 1.165) is 6.07 Å². The van der Waals surface area contributed by atoms with Gasteiger partial charge in [-0.15, -0.1) is 0 Å². The van der Waals surface area contributed by atoms with Crippen LogP contribution in [-0.2, 0) is 4.79 Å². The van der Waals surface area contributed by atoms with Gasteiger partial charge in [-0.1, -0.05) is 12.2 Å². The number of nitro groups is 1. The Morgan fingerprint density at radius 2 is 2.06 bits per heavy atom. The van der Waals surface area contributed by atoms with Crippen molar-refractivity contribution in [2.24, 2.45) is 5.92 Å². The van der Waals surface area contributed by atoms with E-state index < -0.39 is 4.92 Å². The summed E-state index contributed by atoms with van der Waals surface area (Å²) in [5.74, 6) is -0.618. The molecule has 94 valence electrons. The van der Waals surface area contributed by atoms with Crippen LogP contribution in [0.1, 0.15) is 12.8 Å². The van der Waals surface area contributed by atoms with Crippen molar-refractivity contribution in [1.82, 2.24) is 0 Å². The van der Waals surface area contributed by atoms with Crippen LogP contribution in [0.15, 0.2) is 30.4 Å². The molecule has 1 aliphatic rings. The number of phenols is 1. The molecule has 1 aliphatic carbocycles. The second kappa shape index (κ2) is 4.87. The highest BCUT2D eigenvalue weighted by atomic mass is 16.6. The Morgan fingerprint density at radius 3 is 2.61 bits per heavy atom. The zero-order chi connectivity index (χ0) is 13.1. The normalized spacial score (nSPS) is 14.7. The molecule has 1 aromatic rings. The van der Waals surface area contributed by atoms with Crippen LogP contribution in [0.2, 0.25) is 0 Å². The van der Waals surface area contributed by atoms with Crippen molar-refractivity contribution in [3.05, 3.63) is 40.5 Å². The van der Waals surface area contributed by atoms with Crippen LogP contribution in [0.3, 0.4) is 0 Å². The van der Waals surface area contributed by atoms with Crippen molar-refractivity contribution >= 4 is 17.3 Å². The fraction of sp³-hybridized carbons (Fsp3) is 0.250. The molecular weight excluding hydrogens is 236 g/mol. The molecule has 0 unspecified atom stereocenters. The molecular formula is C12H12N2O4. The number of rotatable bonds is 3. The Balaban J connectivity index is 2.09. The van der Waals surface area contributed by atoms with Gasteiger partial charge in [0, 0.05) is 12.0 Å². The standard InChI is InChI=1S/C12H12N2O4/c15-11-7-9(14(17)18)5-6-10(11)13-12(16)8-3-1-2-4-8/h1-2,5-8,15H,3-4H2,(H,13,16). The van der Waals surface area contributed by atoms with Crippen LogP contribution < -0.4 is 5.32 Å². The molecule has 0 saturated carbocycles. The monoisotopic (exact) mass is 248 g/mol. The number of nitrogens with zero attached hydrogens (tertiary/aromatic N) is 1. The van der Waals surface area contributed by atoms with Gasteiger partial charge in [-0.25, -0.2) is 0 Å². The lowest BCUT2D eigenvalue weighted by Gasteiger charge is -2.11. The molecule has 0 fully saturated rings. The van der Waals surface area contributed by atoms with Gasteiger partial charge in [-0.05, 0) is 18.9 Å². The predicted octanol–water partition coefficient (Wildman–Crippen LogP) is 2.21. The first-order chi connectivity index (χ1) is 8.58. The first-order valence-electron chi connectivity index (χ1n) is 5.51. The number of nitro benzene ring substituents is 1. The number of amides is 1. The topological polar surface area (TPSA) is 92.5 Å². The number of non-ortho nitro benzene ring substituents is 1. The van der Waals surface area contributed by atoms with E-state index in [1.165, 1.54) is 12.1 Å². The van der Waals surface area contributed by atoms with Gasteiger partial charge >= 0.3 is 0 Å². The van der Waals surface area contributed by atoms with Crippen LogP contribution in [-0.4, -0.2) is 15.9 Å². The maximum absolute atomic E-state index is 11.8. The lowest BCUT2D eigenvalue weighted by Crippen LogP contribution is -2.20. The van der Waals surface area contributed by atoms with E-state index in [2.05, 4.69) is 5.32 Å². The number of hydrogen-bond acceptors (Lipinski definition) is 4. The molecule has 0 bridgehead atoms. The molecule has 0 heterocycles. The van der Waals surface area contributed by atoms with Gasteiger partial charge in [-0.2, -0.15) is 0 Å². The van der Waals surface area contributed by atoms with Crippen molar-refractivity contribution in [1.29, 1.82) is 0 Å². The quantitative estimate of drug-likeness (QED) is 0.371. The Bertz CT molecular complexity index is 517. The van der Waals surface area contributed by atoms with E-state index in [-0.39, 0.29) is 28.9 Å². The number of phenolic OH excluding ortho intramolecular Hbond substituents is 1. The van der Waals surface area contributed by atoms with E-state index in [4.69, 9.17) is 0 Å². The Kier molecular flexibility index (Phi) is 3.27. The van der Waals surface area contributed by atoms with Gasteiger partial charge in [-0.3, -0.25) is 14.9 Å². The molecule has 2 rings (SSSR count). The summed E-state index contributed by atoms with van der Waals surface area (Å²) < 4.78 is 0. The summed E-state index contributed by atoms with van der Waals surface area (Å²) in [4.78, 5) is 21.7. The van der Waals surface area contributed by atoms with Crippen LogP contribution in [0.25, 0.3) is 0 Å². The highest BCUT2D eigenvalue weighted by Crippen LogP contribution is 2.29. The van der Waals surface area contributed by atoms with Gasteiger partial charge < -0.3 is 10.4 Å². The molecule has 1 amide bonds. The molecule has 0 aromatic heterocycles. The fourth-order valence-corrected chi connectivity index (χ4v) is 1.81. The summed E-state index contributed by atoms with van der Waals surface area (Å²) in [6, 6.07) is 3.58. The van der Waals surface area contributed by atoms with Gasteiger partial charge in [0.1, 0.15) is 5.75 Å². The number of allylic oxidation sites excluding steroid dienone is 2. The maximum Gasteiger partial charge on any atom is 0.273 e.